The lowest BCUT2D eigenvalue weighted by Gasteiger charge is -2.30. The van der Waals surface area contributed by atoms with Crippen molar-refractivity contribution in [2.75, 3.05) is 6.54 Å². The monoisotopic (exact) mass is 171 g/mol. The summed E-state index contributed by atoms with van der Waals surface area (Å²) in [5.74, 6) is 0. The summed E-state index contributed by atoms with van der Waals surface area (Å²) in [6.07, 6.45) is 2.51. The predicted octanol–water partition coefficient (Wildman–Crippen LogP) is 3.20. The molecule has 74 valence electrons. The van der Waals surface area contributed by atoms with Gasteiger partial charge < -0.3 is 5.32 Å². The van der Waals surface area contributed by atoms with Crippen molar-refractivity contribution in [2.45, 2.75) is 59.9 Å². The van der Waals surface area contributed by atoms with Crippen molar-refractivity contribution in [2.24, 2.45) is 5.41 Å². The minimum atomic E-state index is 0.308. The third-order valence-electron chi connectivity index (χ3n) is 1.97. The molecular weight excluding hydrogens is 146 g/mol. The maximum atomic E-state index is 3.60. The van der Waals surface area contributed by atoms with Gasteiger partial charge >= 0.3 is 0 Å². The largest absolute Gasteiger partial charge is 0.311 e. The summed E-state index contributed by atoms with van der Waals surface area (Å²) in [7, 11) is 0. The Morgan fingerprint density at radius 1 is 1.00 bits per heavy atom. The van der Waals surface area contributed by atoms with Crippen LogP contribution in [0.3, 0.4) is 0 Å². The molecule has 0 amide bonds. The number of rotatable bonds is 4. The van der Waals surface area contributed by atoms with Crippen molar-refractivity contribution < 1.29 is 0 Å². The third-order valence-corrected chi connectivity index (χ3v) is 1.97. The van der Waals surface area contributed by atoms with Crippen LogP contribution in [-0.2, 0) is 0 Å². The van der Waals surface area contributed by atoms with E-state index in [1.54, 1.807) is 0 Å². The molecule has 0 spiro atoms. The fourth-order valence-electron chi connectivity index (χ4n) is 1.22. The number of hydrogen-bond donors (Lipinski definition) is 1. The third kappa shape index (κ3) is 6.66. The first kappa shape index (κ1) is 12.0. The van der Waals surface area contributed by atoms with Gasteiger partial charge in [0, 0.05) is 12.1 Å². The van der Waals surface area contributed by atoms with Gasteiger partial charge in [-0.25, -0.2) is 0 Å². The first-order chi connectivity index (χ1) is 5.27. The topological polar surface area (TPSA) is 12.0 Å². The van der Waals surface area contributed by atoms with Crippen LogP contribution in [0.15, 0.2) is 0 Å². The van der Waals surface area contributed by atoms with Gasteiger partial charge in [0.05, 0.1) is 0 Å². The van der Waals surface area contributed by atoms with Crippen LogP contribution in [0, 0.1) is 5.41 Å². The Morgan fingerprint density at radius 2 is 1.50 bits per heavy atom. The molecular formula is C11H25N. The van der Waals surface area contributed by atoms with E-state index in [2.05, 4.69) is 46.9 Å². The van der Waals surface area contributed by atoms with Crippen LogP contribution in [0.4, 0.5) is 0 Å². The molecule has 1 heteroatoms. The zero-order valence-corrected chi connectivity index (χ0v) is 9.62. The molecule has 12 heavy (non-hydrogen) atoms. The Morgan fingerprint density at radius 3 is 1.83 bits per heavy atom. The van der Waals surface area contributed by atoms with Crippen molar-refractivity contribution in [3.05, 3.63) is 0 Å². The molecule has 1 N–H and O–H groups in total. The van der Waals surface area contributed by atoms with Crippen molar-refractivity contribution in [1.29, 1.82) is 0 Å². The van der Waals surface area contributed by atoms with Crippen LogP contribution >= 0.6 is 0 Å². The molecule has 1 nitrogen and oxygen atoms in total. The molecule has 0 fully saturated rings. The van der Waals surface area contributed by atoms with Gasteiger partial charge in [0.25, 0.3) is 0 Å². The van der Waals surface area contributed by atoms with Crippen molar-refractivity contribution in [1.82, 2.24) is 5.32 Å². The average Bonchev–Trinajstić information content (AvgIpc) is 1.83. The van der Waals surface area contributed by atoms with Crippen LogP contribution in [-0.4, -0.2) is 12.1 Å². The van der Waals surface area contributed by atoms with E-state index in [9.17, 15) is 0 Å². The van der Waals surface area contributed by atoms with E-state index in [4.69, 9.17) is 0 Å². The smallest absolute Gasteiger partial charge is 0.0125 e. The lowest BCUT2D eigenvalue weighted by atomic mass is 9.93. The van der Waals surface area contributed by atoms with Gasteiger partial charge in [0.1, 0.15) is 0 Å². The molecule has 0 aliphatic heterocycles. The van der Waals surface area contributed by atoms with Crippen molar-refractivity contribution in [3.8, 4) is 0 Å². The number of hydrogen-bond acceptors (Lipinski definition) is 1. The van der Waals surface area contributed by atoms with Gasteiger partial charge in [-0.2, -0.15) is 0 Å². The summed E-state index contributed by atoms with van der Waals surface area (Å²) in [6.45, 7) is 14.7. The molecule has 0 rings (SSSR count). The molecule has 0 atom stereocenters. The molecule has 0 aromatic heterocycles. The van der Waals surface area contributed by atoms with E-state index in [0.29, 0.717) is 11.0 Å². The molecule has 0 aromatic carbocycles. The second-order valence-corrected chi connectivity index (χ2v) is 5.55. The summed E-state index contributed by atoms with van der Waals surface area (Å²) in [4.78, 5) is 0. The molecule has 0 aliphatic carbocycles. The summed E-state index contributed by atoms with van der Waals surface area (Å²) in [5.41, 5.74) is 0.701. The van der Waals surface area contributed by atoms with Crippen LogP contribution in [0.1, 0.15) is 54.4 Å². The van der Waals surface area contributed by atoms with Crippen LogP contribution in [0.2, 0.25) is 0 Å². The minimum Gasteiger partial charge on any atom is -0.311 e. The second kappa shape index (κ2) is 4.27. The zero-order chi connectivity index (χ0) is 9.83. The number of nitrogens with one attached hydrogen (secondary N) is 1. The Bertz CT molecular complexity index is 119. The van der Waals surface area contributed by atoms with Gasteiger partial charge in [0.15, 0.2) is 0 Å². The standard InChI is InChI=1S/C11H25N/c1-7-8-11(5,6)12-9-10(2,3)4/h12H,7-9H2,1-6H3. The Labute approximate surface area is 77.9 Å². The molecule has 0 saturated heterocycles. The van der Waals surface area contributed by atoms with E-state index in [-0.39, 0.29) is 0 Å². The lowest BCUT2D eigenvalue weighted by molar-refractivity contribution is 0.286. The zero-order valence-electron chi connectivity index (χ0n) is 9.62. The van der Waals surface area contributed by atoms with Crippen LogP contribution < -0.4 is 5.32 Å². The Kier molecular flexibility index (Phi) is 4.25. The summed E-state index contributed by atoms with van der Waals surface area (Å²) >= 11 is 0. The normalized spacial score (nSPS) is 13.5. The maximum Gasteiger partial charge on any atom is 0.0125 e. The van der Waals surface area contributed by atoms with Gasteiger partial charge in [-0.3, -0.25) is 0 Å². The van der Waals surface area contributed by atoms with Crippen molar-refractivity contribution in [3.63, 3.8) is 0 Å². The second-order valence-electron chi connectivity index (χ2n) is 5.55. The fraction of sp³-hybridized carbons (Fsp3) is 1.00. The molecule has 0 aromatic rings. The quantitative estimate of drug-likeness (QED) is 0.685. The molecule has 0 aliphatic rings. The lowest BCUT2D eigenvalue weighted by Crippen LogP contribution is -2.43. The average molecular weight is 171 g/mol. The Hall–Kier alpha value is -0.0400. The molecule has 0 radical (unpaired) electrons. The van der Waals surface area contributed by atoms with E-state index in [1.165, 1.54) is 12.8 Å². The van der Waals surface area contributed by atoms with Gasteiger partial charge in [-0.1, -0.05) is 34.1 Å². The summed E-state index contributed by atoms with van der Waals surface area (Å²) in [5, 5.41) is 3.60. The predicted molar refractivity (Wildman–Crippen MR) is 56.4 cm³/mol. The van der Waals surface area contributed by atoms with Crippen molar-refractivity contribution >= 4 is 0 Å². The van der Waals surface area contributed by atoms with E-state index in [0.717, 1.165) is 6.54 Å². The van der Waals surface area contributed by atoms with E-state index < -0.39 is 0 Å². The fourth-order valence-corrected chi connectivity index (χ4v) is 1.22. The minimum absolute atomic E-state index is 0.308. The maximum absolute atomic E-state index is 3.60. The Balaban J connectivity index is 3.75. The van der Waals surface area contributed by atoms with E-state index >= 15 is 0 Å². The highest BCUT2D eigenvalue weighted by molar-refractivity contribution is 4.79. The highest BCUT2D eigenvalue weighted by atomic mass is 15.0. The van der Waals surface area contributed by atoms with E-state index in [1.807, 2.05) is 0 Å². The van der Waals surface area contributed by atoms with Crippen LogP contribution in [0.5, 0.6) is 0 Å². The molecule has 0 unspecified atom stereocenters. The SMILES string of the molecule is CCCC(C)(C)NCC(C)(C)C. The molecule has 0 heterocycles. The molecule has 0 saturated carbocycles. The highest BCUT2D eigenvalue weighted by Gasteiger charge is 2.19. The summed E-state index contributed by atoms with van der Waals surface area (Å²) in [6, 6.07) is 0. The van der Waals surface area contributed by atoms with Gasteiger partial charge in [-0.15, -0.1) is 0 Å². The highest BCUT2D eigenvalue weighted by Crippen LogP contribution is 2.16. The first-order valence-electron chi connectivity index (χ1n) is 5.02. The summed E-state index contributed by atoms with van der Waals surface area (Å²) < 4.78 is 0. The van der Waals surface area contributed by atoms with Gasteiger partial charge in [-0.05, 0) is 25.7 Å². The first-order valence-corrected chi connectivity index (χ1v) is 5.02. The van der Waals surface area contributed by atoms with Crippen LogP contribution in [0.25, 0.3) is 0 Å². The molecule has 0 bridgehead atoms. The van der Waals surface area contributed by atoms with Gasteiger partial charge in [0.2, 0.25) is 0 Å².